The number of hydrogen-bond donors (Lipinski definition) is 0. The molecule has 1 aliphatic heterocycles. The van der Waals surface area contributed by atoms with Gasteiger partial charge in [0.2, 0.25) is 0 Å². The third kappa shape index (κ3) is 4.62. The number of aryl methyl sites for hydroxylation is 1. The Bertz CT molecular complexity index is 507. The minimum Gasteiger partial charge on any atom is -0.299 e. The first kappa shape index (κ1) is 14.5. The number of likely N-dealkylation sites (tertiary alicyclic amines) is 1. The Morgan fingerprint density at radius 1 is 1.26 bits per heavy atom. The van der Waals surface area contributed by atoms with Crippen LogP contribution in [0.2, 0.25) is 0 Å². The van der Waals surface area contributed by atoms with Gasteiger partial charge in [-0.25, -0.2) is 8.42 Å². The van der Waals surface area contributed by atoms with Crippen molar-refractivity contribution in [2.24, 2.45) is 0 Å². The van der Waals surface area contributed by atoms with Gasteiger partial charge < -0.3 is 0 Å². The SMILES string of the molecule is Cc1ccc(CC2CCCN2CCS(C)(=O)=O)cc1. The van der Waals surface area contributed by atoms with Gasteiger partial charge in [0.05, 0.1) is 5.75 Å². The lowest BCUT2D eigenvalue weighted by Gasteiger charge is -2.24. The molecule has 0 bridgehead atoms. The van der Waals surface area contributed by atoms with Crippen LogP contribution in [0.25, 0.3) is 0 Å². The smallest absolute Gasteiger partial charge is 0.148 e. The molecule has 1 fully saturated rings. The molecule has 106 valence electrons. The molecule has 1 heterocycles. The molecule has 0 saturated carbocycles. The lowest BCUT2D eigenvalue weighted by Crippen LogP contribution is -2.34. The number of hydrogen-bond acceptors (Lipinski definition) is 3. The summed E-state index contributed by atoms with van der Waals surface area (Å²) in [7, 11) is -2.86. The van der Waals surface area contributed by atoms with E-state index in [0.29, 0.717) is 12.6 Å². The molecule has 19 heavy (non-hydrogen) atoms. The van der Waals surface area contributed by atoms with Crippen LogP contribution in [0, 0.1) is 6.92 Å². The van der Waals surface area contributed by atoms with Gasteiger partial charge in [0.1, 0.15) is 9.84 Å². The molecule has 1 aromatic carbocycles. The van der Waals surface area contributed by atoms with E-state index in [1.165, 1.54) is 30.2 Å². The van der Waals surface area contributed by atoms with Crippen molar-refractivity contribution in [2.75, 3.05) is 25.1 Å². The highest BCUT2D eigenvalue weighted by Crippen LogP contribution is 2.21. The molecular weight excluding hydrogens is 258 g/mol. The molecule has 0 N–H and O–H groups in total. The van der Waals surface area contributed by atoms with Gasteiger partial charge in [0, 0.05) is 18.8 Å². The number of rotatable bonds is 5. The third-order valence-electron chi connectivity index (χ3n) is 3.84. The normalized spacial score (nSPS) is 20.8. The Balaban J connectivity index is 1.93. The van der Waals surface area contributed by atoms with E-state index in [-0.39, 0.29) is 5.75 Å². The summed E-state index contributed by atoms with van der Waals surface area (Å²) in [5.74, 6) is 0.275. The van der Waals surface area contributed by atoms with Crippen molar-refractivity contribution in [1.82, 2.24) is 4.90 Å². The molecule has 0 spiro atoms. The van der Waals surface area contributed by atoms with Gasteiger partial charge in [-0.3, -0.25) is 4.90 Å². The van der Waals surface area contributed by atoms with Crippen molar-refractivity contribution in [1.29, 1.82) is 0 Å². The minimum absolute atomic E-state index is 0.275. The van der Waals surface area contributed by atoms with Gasteiger partial charge in [0.25, 0.3) is 0 Å². The fourth-order valence-corrected chi connectivity index (χ4v) is 3.27. The van der Waals surface area contributed by atoms with Crippen LogP contribution in [-0.4, -0.2) is 44.5 Å². The van der Waals surface area contributed by atoms with E-state index in [9.17, 15) is 8.42 Å². The van der Waals surface area contributed by atoms with Gasteiger partial charge in [-0.1, -0.05) is 29.8 Å². The van der Waals surface area contributed by atoms with Crippen LogP contribution in [0.4, 0.5) is 0 Å². The zero-order chi connectivity index (χ0) is 13.9. The third-order valence-corrected chi connectivity index (χ3v) is 4.76. The second kappa shape index (κ2) is 6.06. The first-order chi connectivity index (χ1) is 8.94. The summed E-state index contributed by atoms with van der Waals surface area (Å²) in [5, 5.41) is 0. The lowest BCUT2D eigenvalue weighted by molar-refractivity contribution is 0.267. The summed E-state index contributed by atoms with van der Waals surface area (Å²) in [5.41, 5.74) is 2.63. The fourth-order valence-electron chi connectivity index (χ4n) is 2.70. The molecule has 2 rings (SSSR count). The summed E-state index contributed by atoms with van der Waals surface area (Å²) in [6.45, 7) is 3.80. The van der Waals surface area contributed by atoms with E-state index >= 15 is 0 Å². The number of benzene rings is 1. The number of nitrogens with zero attached hydrogens (tertiary/aromatic N) is 1. The second-order valence-electron chi connectivity index (χ2n) is 5.65. The molecule has 1 aromatic rings. The Kier molecular flexibility index (Phi) is 4.63. The van der Waals surface area contributed by atoms with Gasteiger partial charge in [-0.05, 0) is 38.3 Å². The van der Waals surface area contributed by atoms with Crippen LogP contribution in [0.3, 0.4) is 0 Å². The highest BCUT2D eigenvalue weighted by Gasteiger charge is 2.25. The second-order valence-corrected chi connectivity index (χ2v) is 7.91. The van der Waals surface area contributed by atoms with E-state index < -0.39 is 9.84 Å². The maximum absolute atomic E-state index is 11.3. The Morgan fingerprint density at radius 2 is 1.95 bits per heavy atom. The molecule has 0 aromatic heterocycles. The van der Waals surface area contributed by atoms with E-state index in [2.05, 4.69) is 36.1 Å². The molecule has 0 amide bonds. The zero-order valence-corrected chi connectivity index (χ0v) is 12.6. The number of sulfone groups is 1. The zero-order valence-electron chi connectivity index (χ0n) is 11.8. The quantitative estimate of drug-likeness (QED) is 0.829. The van der Waals surface area contributed by atoms with Gasteiger partial charge in [-0.2, -0.15) is 0 Å². The summed E-state index contributed by atoms with van der Waals surface area (Å²) in [6, 6.07) is 9.16. The molecule has 0 radical (unpaired) electrons. The summed E-state index contributed by atoms with van der Waals surface area (Å²) >= 11 is 0. The van der Waals surface area contributed by atoms with Gasteiger partial charge in [0.15, 0.2) is 0 Å². The topological polar surface area (TPSA) is 37.4 Å². The average molecular weight is 281 g/mol. The van der Waals surface area contributed by atoms with Crippen molar-refractivity contribution in [3.05, 3.63) is 35.4 Å². The van der Waals surface area contributed by atoms with E-state index in [1.807, 2.05) is 0 Å². The monoisotopic (exact) mass is 281 g/mol. The van der Waals surface area contributed by atoms with Crippen LogP contribution >= 0.6 is 0 Å². The predicted octanol–water partition coefficient (Wildman–Crippen LogP) is 2.05. The average Bonchev–Trinajstić information content (AvgIpc) is 2.76. The largest absolute Gasteiger partial charge is 0.299 e. The molecule has 4 heteroatoms. The van der Waals surface area contributed by atoms with Gasteiger partial charge >= 0.3 is 0 Å². The standard InChI is InChI=1S/C15H23NO2S/c1-13-5-7-14(8-6-13)12-15-4-3-9-16(15)10-11-19(2,17)18/h5-8,15H,3-4,9-12H2,1-2H3. The first-order valence-electron chi connectivity index (χ1n) is 6.91. The maximum atomic E-state index is 11.3. The van der Waals surface area contributed by atoms with Crippen molar-refractivity contribution >= 4 is 9.84 Å². The molecule has 3 nitrogen and oxygen atoms in total. The van der Waals surface area contributed by atoms with Crippen LogP contribution in [0.1, 0.15) is 24.0 Å². The first-order valence-corrected chi connectivity index (χ1v) is 8.97. The molecule has 1 aliphatic rings. The van der Waals surface area contributed by atoms with Crippen LogP contribution in [0.5, 0.6) is 0 Å². The Labute approximate surface area is 116 Å². The molecule has 1 unspecified atom stereocenters. The summed E-state index contributed by atoms with van der Waals surface area (Å²) in [4.78, 5) is 2.33. The Hall–Kier alpha value is -0.870. The van der Waals surface area contributed by atoms with Crippen LogP contribution in [0.15, 0.2) is 24.3 Å². The molecular formula is C15H23NO2S. The molecule has 0 aliphatic carbocycles. The van der Waals surface area contributed by atoms with Crippen molar-refractivity contribution in [3.63, 3.8) is 0 Å². The van der Waals surface area contributed by atoms with Crippen LogP contribution < -0.4 is 0 Å². The van der Waals surface area contributed by atoms with Crippen molar-refractivity contribution < 1.29 is 8.42 Å². The molecule has 1 saturated heterocycles. The predicted molar refractivity (Wildman–Crippen MR) is 79.2 cm³/mol. The molecule has 1 atom stereocenters. The van der Waals surface area contributed by atoms with Crippen molar-refractivity contribution in [3.8, 4) is 0 Å². The fraction of sp³-hybridized carbons (Fsp3) is 0.600. The highest BCUT2D eigenvalue weighted by molar-refractivity contribution is 7.90. The highest BCUT2D eigenvalue weighted by atomic mass is 32.2. The summed E-state index contributed by atoms with van der Waals surface area (Å²) < 4.78 is 22.5. The van der Waals surface area contributed by atoms with E-state index in [0.717, 1.165) is 13.0 Å². The van der Waals surface area contributed by atoms with Crippen molar-refractivity contribution in [2.45, 2.75) is 32.2 Å². The minimum atomic E-state index is -2.86. The van der Waals surface area contributed by atoms with E-state index in [1.54, 1.807) is 0 Å². The van der Waals surface area contributed by atoms with Crippen LogP contribution in [-0.2, 0) is 16.3 Å². The lowest BCUT2D eigenvalue weighted by atomic mass is 10.0. The van der Waals surface area contributed by atoms with Gasteiger partial charge in [-0.15, -0.1) is 0 Å². The maximum Gasteiger partial charge on any atom is 0.148 e. The Morgan fingerprint density at radius 3 is 2.58 bits per heavy atom. The summed E-state index contributed by atoms with van der Waals surface area (Å²) in [6.07, 6.45) is 4.71. The van der Waals surface area contributed by atoms with E-state index in [4.69, 9.17) is 0 Å².